The van der Waals surface area contributed by atoms with Crippen LogP contribution in [0.4, 0.5) is 34.1 Å². The minimum Gasteiger partial charge on any atom is -0.497 e. The Morgan fingerprint density at radius 3 is 1.29 bits per heavy atom. The smallest absolute Gasteiger partial charge is 0.247 e. The fourth-order valence-corrected chi connectivity index (χ4v) is 13.6. The number of hydrogen-bond acceptors (Lipinski definition) is 23. The van der Waals surface area contributed by atoms with Gasteiger partial charge < -0.3 is 63.2 Å². The van der Waals surface area contributed by atoms with Crippen molar-refractivity contribution in [2.45, 2.75) is 58.2 Å². The zero-order valence-corrected chi connectivity index (χ0v) is 66.0. The second-order valence-corrected chi connectivity index (χ2v) is 29.4. The molecule has 2 N–H and O–H groups in total. The van der Waals surface area contributed by atoms with Gasteiger partial charge in [0.1, 0.15) is 46.6 Å². The van der Waals surface area contributed by atoms with Crippen molar-refractivity contribution in [1.29, 1.82) is 0 Å². The highest BCUT2D eigenvalue weighted by Crippen LogP contribution is 2.43. The van der Waals surface area contributed by atoms with Crippen LogP contribution in [0.2, 0.25) is 4.34 Å². The number of amides is 2. The number of methoxy groups -OCH3 is 8. The van der Waals surface area contributed by atoms with Crippen LogP contribution in [-0.2, 0) is 44.7 Å². The highest BCUT2D eigenvalue weighted by atomic mass is 35.5. The number of anilines is 6. The molecule has 27 nitrogen and oxygen atoms in total. The van der Waals surface area contributed by atoms with Crippen LogP contribution < -0.4 is 53.8 Å². The van der Waals surface area contributed by atoms with E-state index < -0.39 is 5.54 Å². The molecule has 0 aliphatic heterocycles. The molecule has 2 aliphatic rings. The number of carbonyl (C=O) groups is 2. The van der Waals surface area contributed by atoms with Gasteiger partial charge in [-0.1, -0.05) is 11.6 Å². The van der Waals surface area contributed by atoms with Crippen LogP contribution in [0.3, 0.4) is 0 Å². The summed E-state index contributed by atoms with van der Waals surface area (Å²) in [5, 5.41) is 18.7. The summed E-state index contributed by atoms with van der Waals surface area (Å²) in [5.74, 6) is 5.42. The van der Waals surface area contributed by atoms with E-state index in [0.717, 1.165) is 135 Å². The van der Waals surface area contributed by atoms with E-state index in [-0.39, 0.29) is 18.4 Å². The van der Waals surface area contributed by atoms with Crippen molar-refractivity contribution in [2.75, 3.05) is 111 Å². The first-order valence-electron chi connectivity index (χ1n) is 36.6. The van der Waals surface area contributed by atoms with E-state index in [9.17, 15) is 9.59 Å². The van der Waals surface area contributed by atoms with Crippen LogP contribution in [0.25, 0.3) is 66.9 Å². The monoisotopic (exact) mass is 1550 g/mol. The Kier molecular flexibility index (Phi) is 25.0. The first-order valence-corrected chi connectivity index (χ1v) is 37.8. The Hall–Kier alpha value is -12.0. The van der Waals surface area contributed by atoms with E-state index in [1.807, 2.05) is 130 Å². The Labute approximate surface area is 658 Å². The molecule has 112 heavy (non-hydrogen) atoms. The Morgan fingerprint density at radius 1 is 0.473 bits per heavy atom. The molecule has 2 saturated carbocycles. The third-order valence-corrected chi connectivity index (χ3v) is 20.4. The number of hydrogen-bond donors (Lipinski definition) is 2. The molecule has 0 radical (unpaired) electrons. The van der Waals surface area contributed by atoms with E-state index in [0.29, 0.717) is 67.6 Å². The minimum absolute atomic E-state index is 0.120. The summed E-state index contributed by atoms with van der Waals surface area (Å²) in [7, 11) is 15.0. The third kappa shape index (κ3) is 19.4. The lowest BCUT2D eigenvalue weighted by molar-refractivity contribution is -0.129. The van der Waals surface area contributed by atoms with Crippen molar-refractivity contribution in [3.8, 4) is 68.3 Å². The second-order valence-electron chi connectivity index (χ2n) is 27.6. The number of nitrogens with zero attached hydrogens (tertiary/aromatic N) is 15. The molecular formula is C83H90ClN17O10S. The fraction of sp³-hybridized carbons (Fsp3) is 0.313. The van der Waals surface area contributed by atoms with E-state index in [1.165, 1.54) is 25.7 Å². The second kappa shape index (κ2) is 35.8. The van der Waals surface area contributed by atoms with Gasteiger partial charge in [-0.05, 0) is 118 Å². The standard InChI is InChI=1S/C30H36N6O4.C28H32N6O4.C25H22ClN5O2S/c1-30(2,29(37)31-10-11-38-3)36-19-21(16-33-36)28-17-32-26-9-8-22(14-27(26)34-28)35(18-20-6-7-20)23-12-24(39-4)15-25(13-23)40-5;1-36-9-8-29-28(35)18-33-17-20(14-31-33)27-15-30-25-7-6-21(12-26(25)32-27)34(16-19-4-5-19)22-10-23(37-2)13-24(11-22)38-3;1-30-14-16(12-28-30)24-13-27-22-6-4-17(10-23(22)29-24)31(15-21-5-7-25(26)34-21)18-8-19(32-2)11-20(9-18)33-3/h8-9,12-17,19-20H,6-7,10-11,18H2,1-5H3,(H,31,37);6-7,10-15,17,19H,4-5,8-9,16,18H2,1-3H3,(H,29,35);4-14H,15H2,1-3H3. The van der Waals surface area contributed by atoms with Crippen molar-refractivity contribution >= 4 is 102 Å². The van der Waals surface area contributed by atoms with Crippen LogP contribution in [0.15, 0.2) is 177 Å². The number of carbonyl (C=O) groups excluding carboxylic acids is 2. The first kappa shape index (κ1) is 78.2. The molecule has 13 aromatic rings. The average molecular weight is 1550 g/mol. The Morgan fingerprint density at radius 2 is 0.884 bits per heavy atom. The fourth-order valence-electron chi connectivity index (χ4n) is 12.5. The summed E-state index contributed by atoms with van der Waals surface area (Å²) < 4.78 is 48.9. The number of aryl methyl sites for hydroxylation is 1. The molecule has 15 rings (SSSR count). The summed E-state index contributed by atoms with van der Waals surface area (Å²) in [6, 6.07) is 40.0. The molecule has 580 valence electrons. The molecule has 2 amide bonds. The molecule has 7 heterocycles. The van der Waals surface area contributed by atoms with Crippen LogP contribution in [0, 0.1) is 11.8 Å². The van der Waals surface area contributed by atoms with Crippen LogP contribution in [-0.4, -0.2) is 167 Å². The molecule has 7 aromatic heterocycles. The van der Waals surface area contributed by atoms with Gasteiger partial charge >= 0.3 is 0 Å². The van der Waals surface area contributed by atoms with E-state index in [1.54, 1.807) is 126 Å². The molecule has 29 heteroatoms. The molecular weight excluding hydrogens is 1460 g/mol. The minimum atomic E-state index is -0.884. The summed E-state index contributed by atoms with van der Waals surface area (Å²) in [4.78, 5) is 61.4. The maximum atomic E-state index is 12.8. The average Bonchev–Trinajstić information content (AvgIpc) is 1.77. The number of halogens is 1. The van der Waals surface area contributed by atoms with E-state index >= 15 is 0 Å². The summed E-state index contributed by atoms with van der Waals surface area (Å²) >= 11 is 7.78. The number of fused-ring (bicyclic) bond motifs is 3. The molecule has 0 bridgehead atoms. The predicted octanol–water partition coefficient (Wildman–Crippen LogP) is 14.5. The first-order chi connectivity index (χ1) is 54.4. The molecule has 0 atom stereocenters. The normalized spacial score (nSPS) is 12.5. The van der Waals surface area contributed by atoms with Gasteiger partial charge in [-0.25, -0.2) is 15.0 Å². The molecule has 0 saturated heterocycles. The van der Waals surface area contributed by atoms with Crippen molar-refractivity contribution in [2.24, 2.45) is 18.9 Å². The SMILES string of the molecule is COCCNC(=O)C(C)(C)n1cc(-c2cnc3ccc(N(CC4CC4)c4cc(OC)cc(OC)c4)cc3n2)cn1.COCCNC(=O)Cn1cc(-c2cnc3ccc(N(CC4CC4)c4cc(OC)cc(OC)c4)cc3n2)cn1.COc1cc(OC)cc(N(Cc2ccc(Cl)s2)c2ccc3ncc(-c4cnn(C)c4)nc3c2)c1. The molecule has 0 unspecified atom stereocenters. The lowest BCUT2D eigenvalue weighted by Gasteiger charge is -2.26. The molecule has 0 spiro atoms. The van der Waals surface area contributed by atoms with Gasteiger partial charge in [0.2, 0.25) is 11.8 Å². The highest BCUT2D eigenvalue weighted by molar-refractivity contribution is 7.16. The predicted molar refractivity (Wildman–Crippen MR) is 436 cm³/mol. The number of ether oxygens (including phenoxy) is 8. The lowest BCUT2D eigenvalue weighted by Crippen LogP contribution is -2.45. The van der Waals surface area contributed by atoms with Gasteiger partial charge in [0.25, 0.3) is 0 Å². The Balaban J connectivity index is 0.000000148. The number of benzene rings is 6. The maximum absolute atomic E-state index is 12.8. The van der Waals surface area contributed by atoms with Gasteiger partial charge in [0.15, 0.2) is 0 Å². The maximum Gasteiger partial charge on any atom is 0.247 e. The van der Waals surface area contributed by atoms with Gasteiger partial charge in [-0.15, -0.1) is 11.3 Å². The topological polar surface area (TPSA) is 273 Å². The zero-order chi connectivity index (χ0) is 78.4. The van der Waals surface area contributed by atoms with Crippen molar-refractivity contribution in [3.05, 3.63) is 186 Å². The van der Waals surface area contributed by atoms with Crippen molar-refractivity contribution < 1.29 is 47.5 Å². The highest BCUT2D eigenvalue weighted by Gasteiger charge is 2.32. The molecule has 2 aliphatic carbocycles. The summed E-state index contributed by atoms with van der Waals surface area (Å²) in [5.41, 5.74) is 14.5. The molecule has 2 fully saturated rings. The zero-order valence-electron chi connectivity index (χ0n) is 64.5. The van der Waals surface area contributed by atoms with E-state index in [4.69, 9.17) is 64.4 Å². The summed E-state index contributed by atoms with van der Waals surface area (Å²) in [6.07, 6.45) is 20.9. The van der Waals surface area contributed by atoms with Gasteiger partial charge in [0, 0.05) is 176 Å². The third-order valence-electron chi connectivity index (χ3n) is 19.1. The number of nitrogens with one attached hydrogen (secondary N) is 2. The van der Waals surface area contributed by atoms with Crippen molar-refractivity contribution in [3.63, 3.8) is 0 Å². The number of thiophene rings is 1. The quantitative estimate of drug-likeness (QED) is 0.0382. The van der Waals surface area contributed by atoms with Crippen LogP contribution >= 0.6 is 22.9 Å². The lowest BCUT2D eigenvalue weighted by atomic mass is 10.1. The van der Waals surface area contributed by atoms with Crippen LogP contribution in [0.1, 0.15) is 44.4 Å². The van der Waals surface area contributed by atoms with Crippen LogP contribution in [0.5, 0.6) is 34.5 Å². The van der Waals surface area contributed by atoms with Gasteiger partial charge in [0.05, 0.1) is 154 Å². The van der Waals surface area contributed by atoms with Gasteiger partial charge in [-0.2, -0.15) is 15.3 Å². The summed E-state index contributed by atoms with van der Waals surface area (Å²) in [6.45, 7) is 7.99. The van der Waals surface area contributed by atoms with Crippen molar-refractivity contribution in [1.82, 2.24) is 69.9 Å². The largest absolute Gasteiger partial charge is 0.497 e. The van der Waals surface area contributed by atoms with Gasteiger partial charge in [-0.3, -0.25) is 38.6 Å². The Bertz CT molecular complexity index is 5360. The van der Waals surface area contributed by atoms with E-state index in [2.05, 4.69) is 79.8 Å². The number of aromatic nitrogens is 12. The molecule has 6 aromatic carbocycles. The number of rotatable bonds is 31.